The van der Waals surface area contributed by atoms with Gasteiger partial charge in [0.05, 0.1) is 0 Å². The van der Waals surface area contributed by atoms with E-state index < -0.39 is 5.97 Å². The molecule has 152 valence electrons. The van der Waals surface area contributed by atoms with Crippen LogP contribution >= 0.6 is 0 Å². The van der Waals surface area contributed by atoms with Crippen LogP contribution in [0.2, 0.25) is 0 Å². The van der Waals surface area contributed by atoms with E-state index in [9.17, 15) is 9.59 Å². The van der Waals surface area contributed by atoms with Crippen LogP contribution in [-0.4, -0.2) is 18.5 Å². The summed E-state index contributed by atoms with van der Waals surface area (Å²) in [7, 11) is 0. The second-order valence-corrected chi connectivity index (χ2v) is 6.88. The molecule has 0 spiro atoms. The average molecular weight is 403 g/mol. The van der Waals surface area contributed by atoms with Gasteiger partial charge >= 0.3 is 5.97 Å². The van der Waals surface area contributed by atoms with Crippen LogP contribution in [0.15, 0.2) is 72.8 Å². The van der Waals surface area contributed by atoms with E-state index in [4.69, 9.17) is 14.2 Å². The maximum absolute atomic E-state index is 12.1. The predicted octanol–water partition coefficient (Wildman–Crippen LogP) is 4.13. The van der Waals surface area contributed by atoms with Gasteiger partial charge in [0.2, 0.25) is 5.91 Å². The molecule has 3 aromatic carbocycles. The number of benzene rings is 3. The first kappa shape index (κ1) is 19.5. The average Bonchev–Trinajstić information content (AvgIpc) is 2.78. The van der Waals surface area contributed by atoms with Gasteiger partial charge in [-0.25, -0.2) is 4.79 Å². The van der Waals surface area contributed by atoms with Crippen LogP contribution in [0, 0.1) is 0 Å². The number of hydrogen-bond donors (Lipinski definition) is 1. The zero-order valence-corrected chi connectivity index (χ0v) is 16.3. The summed E-state index contributed by atoms with van der Waals surface area (Å²) in [5.74, 6) is 1.20. The topological polar surface area (TPSA) is 73.9 Å². The summed E-state index contributed by atoms with van der Waals surface area (Å²) in [6.45, 7) is 0.274. The summed E-state index contributed by atoms with van der Waals surface area (Å²) in [6, 6.07) is 22.1. The normalized spacial score (nSPS) is 12.5. The van der Waals surface area contributed by atoms with Gasteiger partial charge in [-0.05, 0) is 60.0 Å². The first-order valence-electron chi connectivity index (χ1n) is 9.69. The molecule has 1 N–H and O–H groups in total. The SMILES string of the molecule is O=C1CCc2cc(OC(=O)COc3ccc(OCc4ccccc4)cc3)ccc2N1. The Kier molecular flexibility index (Phi) is 5.94. The molecule has 1 amide bonds. The lowest BCUT2D eigenvalue weighted by Gasteiger charge is -2.17. The van der Waals surface area contributed by atoms with E-state index in [2.05, 4.69) is 5.32 Å². The number of esters is 1. The number of nitrogens with one attached hydrogen (secondary N) is 1. The van der Waals surface area contributed by atoms with E-state index in [1.165, 1.54) is 0 Å². The fourth-order valence-corrected chi connectivity index (χ4v) is 3.10. The number of carbonyl (C=O) groups excluding carboxylic acids is 2. The smallest absolute Gasteiger partial charge is 0.349 e. The Bertz CT molecular complexity index is 1030. The number of rotatable bonds is 7. The molecule has 1 aliphatic rings. The first-order valence-corrected chi connectivity index (χ1v) is 9.69. The third-order valence-electron chi connectivity index (χ3n) is 4.63. The molecule has 0 radical (unpaired) electrons. The van der Waals surface area contributed by atoms with Crippen LogP contribution in [-0.2, 0) is 22.6 Å². The molecule has 0 saturated carbocycles. The maximum Gasteiger partial charge on any atom is 0.349 e. The Morgan fingerprint density at radius 2 is 1.53 bits per heavy atom. The third kappa shape index (κ3) is 5.17. The molecule has 6 heteroatoms. The number of amides is 1. The van der Waals surface area contributed by atoms with Crippen molar-refractivity contribution >= 4 is 17.6 Å². The Balaban J connectivity index is 1.25. The zero-order chi connectivity index (χ0) is 20.8. The Morgan fingerprint density at radius 3 is 2.30 bits per heavy atom. The van der Waals surface area contributed by atoms with Gasteiger partial charge < -0.3 is 19.5 Å². The summed E-state index contributed by atoms with van der Waals surface area (Å²) >= 11 is 0. The summed E-state index contributed by atoms with van der Waals surface area (Å²) in [4.78, 5) is 23.5. The van der Waals surface area contributed by atoms with Crippen molar-refractivity contribution in [2.45, 2.75) is 19.4 Å². The van der Waals surface area contributed by atoms with Gasteiger partial charge in [-0.3, -0.25) is 4.79 Å². The highest BCUT2D eigenvalue weighted by molar-refractivity contribution is 5.94. The lowest BCUT2D eigenvalue weighted by atomic mass is 10.0. The van der Waals surface area contributed by atoms with Gasteiger partial charge in [0.15, 0.2) is 6.61 Å². The molecular weight excluding hydrogens is 382 g/mol. The minimum Gasteiger partial charge on any atom is -0.489 e. The molecule has 1 aliphatic heterocycles. The number of hydrogen-bond acceptors (Lipinski definition) is 5. The summed E-state index contributed by atoms with van der Waals surface area (Å²) in [6.07, 6.45) is 1.06. The third-order valence-corrected chi connectivity index (χ3v) is 4.63. The lowest BCUT2D eigenvalue weighted by Crippen LogP contribution is -2.20. The van der Waals surface area contributed by atoms with Crippen molar-refractivity contribution in [3.63, 3.8) is 0 Å². The molecule has 0 aliphatic carbocycles. The minimum atomic E-state index is -0.501. The predicted molar refractivity (Wildman–Crippen MR) is 112 cm³/mol. The molecule has 0 bridgehead atoms. The highest BCUT2D eigenvalue weighted by Crippen LogP contribution is 2.27. The van der Waals surface area contributed by atoms with Crippen molar-refractivity contribution in [3.05, 3.63) is 83.9 Å². The van der Waals surface area contributed by atoms with E-state index in [1.807, 2.05) is 30.3 Å². The standard InChI is InChI=1S/C24H21NO5/c26-23-13-6-18-14-21(11-12-22(18)25-23)30-24(27)16-29-20-9-7-19(8-10-20)28-15-17-4-2-1-3-5-17/h1-5,7-12,14H,6,13,15-16H2,(H,25,26). The highest BCUT2D eigenvalue weighted by Gasteiger charge is 2.16. The maximum atomic E-state index is 12.1. The van der Waals surface area contributed by atoms with E-state index in [0.717, 1.165) is 22.6 Å². The fourth-order valence-electron chi connectivity index (χ4n) is 3.10. The second-order valence-electron chi connectivity index (χ2n) is 6.88. The van der Waals surface area contributed by atoms with Gasteiger partial charge in [-0.15, -0.1) is 0 Å². The first-order chi connectivity index (χ1) is 14.7. The van der Waals surface area contributed by atoms with Crippen molar-refractivity contribution in [2.75, 3.05) is 11.9 Å². The van der Waals surface area contributed by atoms with E-state index >= 15 is 0 Å². The van der Waals surface area contributed by atoms with E-state index in [1.54, 1.807) is 42.5 Å². The highest BCUT2D eigenvalue weighted by atomic mass is 16.6. The number of anilines is 1. The molecule has 3 aromatic rings. The van der Waals surface area contributed by atoms with Crippen LogP contribution in [0.5, 0.6) is 17.2 Å². The van der Waals surface area contributed by atoms with Gasteiger partial charge in [0.25, 0.3) is 0 Å². The number of ether oxygens (including phenoxy) is 3. The summed E-state index contributed by atoms with van der Waals surface area (Å²) in [5.41, 5.74) is 2.80. The Morgan fingerprint density at radius 1 is 0.833 bits per heavy atom. The van der Waals surface area contributed by atoms with Crippen molar-refractivity contribution < 1.29 is 23.8 Å². The van der Waals surface area contributed by atoms with Crippen LogP contribution in [0.3, 0.4) is 0 Å². The largest absolute Gasteiger partial charge is 0.489 e. The Labute approximate surface area is 174 Å². The molecular formula is C24H21NO5. The zero-order valence-electron chi connectivity index (χ0n) is 16.3. The van der Waals surface area contributed by atoms with Crippen LogP contribution in [0.1, 0.15) is 17.5 Å². The van der Waals surface area contributed by atoms with Crippen molar-refractivity contribution in [3.8, 4) is 17.2 Å². The Hall–Kier alpha value is -3.80. The number of aryl methyl sites for hydroxylation is 1. The van der Waals surface area contributed by atoms with Crippen molar-refractivity contribution in [1.82, 2.24) is 0 Å². The quantitative estimate of drug-likeness (QED) is 0.474. The van der Waals surface area contributed by atoms with Crippen LogP contribution < -0.4 is 19.5 Å². The molecule has 0 atom stereocenters. The molecule has 0 fully saturated rings. The number of fused-ring (bicyclic) bond motifs is 1. The second kappa shape index (κ2) is 9.13. The van der Waals surface area contributed by atoms with Gasteiger partial charge in [0.1, 0.15) is 23.9 Å². The molecule has 4 rings (SSSR count). The summed E-state index contributed by atoms with van der Waals surface area (Å²) in [5, 5.41) is 2.80. The molecule has 0 aromatic heterocycles. The van der Waals surface area contributed by atoms with Crippen molar-refractivity contribution in [2.24, 2.45) is 0 Å². The van der Waals surface area contributed by atoms with Crippen molar-refractivity contribution in [1.29, 1.82) is 0 Å². The number of carbonyl (C=O) groups is 2. The molecule has 30 heavy (non-hydrogen) atoms. The molecule has 0 unspecified atom stereocenters. The summed E-state index contributed by atoms with van der Waals surface area (Å²) < 4.78 is 16.6. The van der Waals surface area contributed by atoms with Crippen LogP contribution in [0.25, 0.3) is 0 Å². The van der Waals surface area contributed by atoms with E-state index in [-0.39, 0.29) is 12.5 Å². The van der Waals surface area contributed by atoms with E-state index in [0.29, 0.717) is 30.9 Å². The van der Waals surface area contributed by atoms with Gasteiger partial charge in [-0.1, -0.05) is 30.3 Å². The minimum absolute atomic E-state index is 0.00266. The fraction of sp³-hybridized carbons (Fsp3) is 0.167. The lowest BCUT2D eigenvalue weighted by molar-refractivity contribution is -0.136. The molecule has 1 heterocycles. The van der Waals surface area contributed by atoms with Gasteiger partial charge in [0, 0.05) is 12.1 Å². The van der Waals surface area contributed by atoms with Crippen LogP contribution in [0.4, 0.5) is 5.69 Å². The molecule has 0 saturated heterocycles. The molecule has 6 nitrogen and oxygen atoms in total. The monoisotopic (exact) mass is 403 g/mol. The van der Waals surface area contributed by atoms with Gasteiger partial charge in [-0.2, -0.15) is 0 Å².